The highest BCUT2D eigenvalue weighted by molar-refractivity contribution is 5.79. The number of nitrogens with two attached hydrogens (primary N) is 1. The fourth-order valence-electron chi connectivity index (χ4n) is 1.33. The fourth-order valence-corrected chi connectivity index (χ4v) is 1.33. The van der Waals surface area contributed by atoms with Crippen molar-refractivity contribution in [2.75, 3.05) is 19.6 Å². The summed E-state index contributed by atoms with van der Waals surface area (Å²) in [6.45, 7) is 3.52. The van der Waals surface area contributed by atoms with Gasteiger partial charge in [0, 0.05) is 13.1 Å². The largest absolute Gasteiger partial charge is 0.406 e. The summed E-state index contributed by atoms with van der Waals surface area (Å²) < 4.78 is 37.0. The topological polar surface area (TPSA) is 53.6 Å². The lowest BCUT2D eigenvalue weighted by atomic mass is 10.3. The molecule has 4 nitrogen and oxygen atoms in total. The van der Waals surface area contributed by atoms with Crippen LogP contribution >= 0.6 is 0 Å². The van der Waals surface area contributed by atoms with E-state index in [2.05, 4.69) is 10.4 Å². The van der Waals surface area contributed by atoms with Gasteiger partial charge in [-0.25, -0.2) is 5.84 Å². The number of hydrogen-bond acceptors (Lipinski definition) is 2. The van der Waals surface area contributed by atoms with Crippen LogP contribution in [-0.4, -0.2) is 36.7 Å². The van der Waals surface area contributed by atoms with Crippen molar-refractivity contribution in [2.24, 2.45) is 10.8 Å². The molecular formula is C10H21F3N4. The van der Waals surface area contributed by atoms with Crippen LogP contribution in [0.2, 0.25) is 0 Å². The number of guanidine groups is 1. The van der Waals surface area contributed by atoms with Gasteiger partial charge in [0.25, 0.3) is 0 Å². The molecule has 0 bridgehead atoms. The van der Waals surface area contributed by atoms with Crippen LogP contribution in [0.4, 0.5) is 13.2 Å². The molecule has 0 atom stereocenters. The maximum atomic E-state index is 12.3. The molecular weight excluding hydrogens is 233 g/mol. The average Bonchev–Trinajstić information content (AvgIpc) is 2.22. The molecule has 0 aromatic carbocycles. The molecule has 3 N–H and O–H groups in total. The smallest absolute Gasteiger partial charge is 0.333 e. The first-order valence-corrected chi connectivity index (χ1v) is 5.77. The molecule has 0 fully saturated rings. The fraction of sp³-hybridized carbons (Fsp3) is 0.900. The summed E-state index contributed by atoms with van der Waals surface area (Å²) in [5.41, 5.74) is 2.24. The third kappa shape index (κ3) is 7.84. The molecule has 7 heteroatoms. The van der Waals surface area contributed by atoms with E-state index in [1.807, 2.05) is 13.8 Å². The van der Waals surface area contributed by atoms with Crippen LogP contribution < -0.4 is 11.3 Å². The van der Waals surface area contributed by atoms with Gasteiger partial charge >= 0.3 is 6.18 Å². The number of nitrogens with zero attached hydrogens (tertiary/aromatic N) is 2. The van der Waals surface area contributed by atoms with Crippen LogP contribution in [-0.2, 0) is 0 Å². The lowest BCUT2D eigenvalue weighted by Gasteiger charge is -2.26. The first-order valence-electron chi connectivity index (χ1n) is 5.77. The normalized spacial score (nSPS) is 12.7. The summed E-state index contributed by atoms with van der Waals surface area (Å²) in [6.07, 6.45) is -1.88. The molecule has 102 valence electrons. The van der Waals surface area contributed by atoms with Crippen LogP contribution in [0.5, 0.6) is 0 Å². The van der Waals surface area contributed by atoms with Crippen LogP contribution in [0, 0.1) is 0 Å². The molecule has 0 radical (unpaired) electrons. The van der Waals surface area contributed by atoms with Crippen molar-refractivity contribution in [3.63, 3.8) is 0 Å². The summed E-state index contributed by atoms with van der Waals surface area (Å²) in [5, 5.41) is 0. The van der Waals surface area contributed by atoms with E-state index < -0.39 is 12.7 Å². The van der Waals surface area contributed by atoms with E-state index in [0.717, 1.165) is 17.7 Å². The number of nitrogens with one attached hydrogen (secondary N) is 1. The number of rotatable bonds is 6. The Morgan fingerprint density at radius 1 is 1.29 bits per heavy atom. The molecule has 0 rings (SSSR count). The maximum absolute atomic E-state index is 12.3. The third-order valence-corrected chi connectivity index (χ3v) is 2.07. The van der Waals surface area contributed by atoms with Gasteiger partial charge in [0.2, 0.25) is 5.96 Å². The second kappa shape index (κ2) is 8.16. The van der Waals surface area contributed by atoms with E-state index in [9.17, 15) is 13.2 Å². The van der Waals surface area contributed by atoms with Crippen LogP contribution in [0.25, 0.3) is 0 Å². The van der Waals surface area contributed by atoms with E-state index >= 15 is 0 Å². The van der Waals surface area contributed by atoms with E-state index in [1.54, 1.807) is 0 Å². The minimum absolute atomic E-state index is 0.109. The number of alkyl halides is 3. The zero-order valence-electron chi connectivity index (χ0n) is 10.3. The van der Waals surface area contributed by atoms with Crippen LogP contribution in [0.15, 0.2) is 4.99 Å². The van der Waals surface area contributed by atoms with Gasteiger partial charge < -0.3 is 4.90 Å². The number of unbranched alkanes of at least 4 members (excludes halogenated alkanes) is 1. The second-order valence-electron chi connectivity index (χ2n) is 3.74. The Balaban J connectivity index is 4.56. The number of halogens is 3. The van der Waals surface area contributed by atoms with E-state index in [4.69, 9.17) is 5.84 Å². The average molecular weight is 254 g/mol. The molecule has 0 aliphatic heterocycles. The Labute approximate surface area is 100 Å². The minimum Gasteiger partial charge on any atom is -0.333 e. The van der Waals surface area contributed by atoms with Crippen molar-refractivity contribution >= 4 is 5.96 Å². The van der Waals surface area contributed by atoms with Gasteiger partial charge in [-0.05, 0) is 12.8 Å². The maximum Gasteiger partial charge on any atom is 0.406 e. The molecule has 0 saturated heterocycles. The minimum atomic E-state index is -4.25. The first kappa shape index (κ1) is 16.0. The standard InChI is InChI=1S/C10H21F3N4/c1-3-5-6-15-9(16-14)17(7-4-2)8-10(11,12)13/h3-8,14H2,1-2H3,(H,15,16). The molecule has 0 spiro atoms. The molecule has 0 saturated carbocycles. The van der Waals surface area contributed by atoms with Crippen molar-refractivity contribution < 1.29 is 13.2 Å². The lowest BCUT2D eigenvalue weighted by Crippen LogP contribution is -2.48. The number of hydrogen-bond donors (Lipinski definition) is 2. The number of hydrazine groups is 1. The van der Waals surface area contributed by atoms with Crippen molar-refractivity contribution in [1.82, 2.24) is 10.3 Å². The zero-order chi connectivity index (χ0) is 13.3. The summed E-state index contributed by atoms with van der Waals surface area (Å²) in [5.74, 6) is 5.32. The summed E-state index contributed by atoms with van der Waals surface area (Å²) in [4.78, 5) is 5.16. The lowest BCUT2D eigenvalue weighted by molar-refractivity contribution is -0.138. The van der Waals surface area contributed by atoms with Gasteiger partial charge in [-0.15, -0.1) is 0 Å². The van der Waals surface area contributed by atoms with Gasteiger partial charge in [0.1, 0.15) is 6.54 Å². The monoisotopic (exact) mass is 254 g/mol. The second-order valence-corrected chi connectivity index (χ2v) is 3.74. The van der Waals surface area contributed by atoms with Crippen LogP contribution in [0.1, 0.15) is 33.1 Å². The molecule has 0 unspecified atom stereocenters. The van der Waals surface area contributed by atoms with E-state index in [0.29, 0.717) is 13.0 Å². The Kier molecular flexibility index (Phi) is 7.69. The van der Waals surface area contributed by atoms with Gasteiger partial charge in [-0.1, -0.05) is 20.3 Å². The highest BCUT2D eigenvalue weighted by atomic mass is 19.4. The third-order valence-electron chi connectivity index (χ3n) is 2.07. The first-order chi connectivity index (χ1) is 7.94. The molecule has 0 amide bonds. The summed E-state index contributed by atoms with van der Waals surface area (Å²) in [6, 6.07) is 0. The van der Waals surface area contributed by atoms with Gasteiger partial charge in [-0.2, -0.15) is 13.2 Å². The highest BCUT2D eigenvalue weighted by Crippen LogP contribution is 2.16. The van der Waals surface area contributed by atoms with Gasteiger partial charge in [0.05, 0.1) is 0 Å². The molecule has 0 aliphatic rings. The van der Waals surface area contributed by atoms with Crippen molar-refractivity contribution in [3.05, 3.63) is 0 Å². The number of aliphatic imine (C=N–C) groups is 1. The summed E-state index contributed by atoms with van der Waals surface area (Å²) in [7, 11) is 0. The van der Waals surface area contributed by atoms with Gasteiger partial charge in [0.15, 0.2) is 0 Å². The van der Waals surface area contributed by atoms with E-state index in [1.165, 1.54) is 0 Å². The Hall–Kier alpha value is -0.980. The highest BCUT2D eigenvalue weighted by Gasteiger charge is 2.31. The summed E-state index contributed by atoms with van der Waals surface area (Å²) >= 11 is 0. The molecule has 0 aromatic rings. The quantitative estimate of drug-likeness (QED) is 0.250. The zero-order valence-corrected chi connectivity index (χ0v) is 10.3. The van der Waals surface area contributed by atoms with E-state index in [-0.39, 0.29) is 12.5 Å². The van der Waals surface area contributed by atoms with Crippen LogP contribution in [0.3, 0.4) is 0 Å². The Bertz CT molecular complexity index is 228. The predicted molar refractivity (Wildman–Crippen MR) is 62.5 cm³/mol. The predicted octanol–water partition coefficient (Wildman–Crippen LogP) is 1.88. The Morgan fingerprint density at radius 2 is 1.94 bits per heavy atom. The molecule has 17 heavy (non-hydrogen) atoms. The van der Waals surface area contributed by atoms with Crippen molar-refractivity contribution in [3.8, 4) is 0 Å². The van der Waals surface area contributed by atoms with Crippen molar-refractivity contribution in [2.45, 2.75) is 39.3 Å². The molecule has 0 aromatic heterocycles. The SMILES string of the molecule is CCCCN=C(NN)N(CCC)CC(F)(F)F. The van der Waals surface area contributed by atoms with Crippen molar-refractivity contribution in [1.29, 1.82) is 0 Å². The molecule has 0 aliphatic carbocycles. The Morgan fingerprint density at radius 3 is 2.35 bits per heavy atom. The van der Waals surface area contributed by atoms with Gasteiger partial charge in [-0.3, -0.25) is 10.4 Å². The molecule has 0 heterocycles.